The zero-order chi connectivity index (χ0) is 14.0. The molecule has 3 aliphatic heterocycles. The topological polar surface area (TPSA) is 38.8 Å². The van der Waals surface area contributed by atoms with Crippen molar-refractivity contribution in [3.63, 3.8) is 0 Å². The molecule has 108 valence electrons. The lowest BCUT2D eigenvalue weighted by Gasteiger charge is -2.52. The van der Waals surface area contributed by atoms with E-state index in [9.17, 15) is 4.79 Å². The first-order valence-corrected chi connectivity index (χ1v) is 7.32. The lowest BCUT2D eigenvalue weighted by atomic mass is 9.83. The van der Waals surface area contributed by atoms with Gasteiger partial charge in [0.25, 0.3) is 0 Å². The van der Waals surface area contributed by atoms with Crippen molar-refractivity contribution in [3.8, 4) is 0 Å². The van der Waals surface area contributed by atoms with Crippen molar-refractivity contribution >= 4 is 5.97 Å². The van der Waals surface area contributed by atoms with Crippen LogP contribution in [0.3, 0.4) is 0 Å². The molecular weight excluding hydrogens is 254 g/mol. The standard InChI is InChI=1S/C16H21NO3/c1-2-19-15(18)16-9-8-14(20-12-16)11-17(16)10-13-6-4-3-5-7-13/h3-7,14H,2,8-12H2,1H3. The first-order chi connectivity index (χ1) is 9.74. The Kier molecular flexibility index (Phi) is 3.76. The Labute approximate surface area is 119 Å². The van der Waals surface area contributed by atoms with Gasteiger partial charge in [-0.15, -0.1) is 0 Å². The predicted molar refractivity (Wildman–Crippen MR) is 75.2 cm³/mol. The molecule has 0 spiro atoms. The maximum Gasteiger partial charge on any atom is 0.328 e. The minimum atomic E-state index is -0.583. The highest BCUT2D eigenvalue weighted by Crippen LogP contribution is 2.37. The van der Waals surface area contributed by atoms with Crippen molar-refractivity contribution in [1.82, 2.24) is 4.90 Å². The minimum absolute atomic E-state index is 0.130. The van der Waals surface area contributed by atoms with Crippen LogP contribution < -0.4 is 0 Å². The molecule has 2 atom stereocenters. The molecule has 0 N–H and O–H groups in total. The van der Waals surface area contributed by atoms with Crippen molar-refractivity contribution in [2.24, 2.45) is 0 Å². The number of hydrogen-bond acceptors (Lipinski definition) is 4. The van der Waals surface area contributed by atoms with E-state index in [0.29, 0.717) is 13.2 Å². The molecule has 4 nitrogen and oxygen atoms in total. The van der Waals surface area contributed by atoms with E-state index < -0.39 is 5.54 Å². The Bertz CT molecular complexity index is 466. The van der Waals surface area contributed by atoms with Crippen LogP contribution in [0.15, 0.2) is 30.3 Å². The number of rotatable bonds is 4. The highest BCUT2D eigenvalue weighted by molar-refractivity contribution is 5.81. The molecule has 20 heavy (non-hydrogen) atoms. The van der Waals surface area contributed by atoms with Crippen molar-refractivity contribution < 1.29 is 14.3 Å². The smallest absolute Gasteiger partial charge is 0.328 e. The molecule has 0 aliphatic carbocycles. The second-order valence-corrected chi connectivity index (χ2v) is 5.59. The quantitative estimate of drug-likeness (QED) is 0.788. The molecule has 1 aromatic carbocycles. The largest absolute Gasteiger partial charge is 0.465 e. The van der Waals surface area contributed by atoms with E-state index >= 15 is 0 Å². The molecule has 3 fully saturated rings. The van der Waals surface area contributed by atoms with Gasteiger partial charge < -0.3 is 9.47 Å². The number of piperidine rings is 1. The van der Waals surface area contributed by atoms with Crippen molar-refractivity contribution in [3.05, 3.63) is 35.9 Å². The van der Waals surface area contributed by atoms with Gasteiger partial charge in [0.05, 0.1) is 19.3 Å². The summed E-state index contributed by atoms with van der Waals surface area (Å²) in [6, 6.07) is 10.3. The molecule has 4 rings (SSSR count). The van der Waals surface area contributed by atoms with Gasteiger partial charge in [0.2, 0.25) is 0 Å². The summed E-state index contributed by atoms with van der Waals surface area (Å²) in [6.07, 6.45) is 2.04. The van der Waals surface area contributed by atoms with Crippen molar-refractivity contribution in [1.29, 1.82) is 0 Å². The van der Waals surface area contributed by atoms with Crippen LogP contribution in [0.25, 0.3) is 0 Å². The van der Waals surface area contributed by atoms with E-state index in [0.717, 1.165) is 25.9 Å². The number of ether oxygens (including phenoxy) is 2. The van der Waals surface area contributed by atoms with Crippen molar-refractivity contribution in [2.45, 2.75) is 38.0 Å². The highest BCUT2D eigenvalue weighted by atomic mass is 16.5. The van der Waals surface area contributed by atoms with Crippen LogP contribution in [0.4, 0.5) is 0 Å². The van der Waals surface area contributed by atoms with E-state index in [1.54, 1.807) is 0 Å². The van der Waals surface area contributed by atoms with Gasteiger partial charge in [-0.3, -0.25) is 4.90 Å². The Morgan fingerprint density at radius 3 is 2.90 bits per heavy atom. The monoisotopic (exact) mass is 275 g/mol. The first kappa shape index (κ1) is 13.6. The number of fused-ring (bicyclic) bond motifs is 3. The number of esters is 1. The summed E-state index contributed by atoms with van der Waals surface area (Å²) in [5.74, 6) is -0.130. The van der Waals surface area contributed by atoms with Crippen LogP contribution in [0, 0.1) is 0 Å². The minimum Gasteiger partial charge on any atom is -0.465 e. The normalized spacial score (nSPS) is 29.4. The van der Waals surface area contributed by atoms with Gasteiger partial charge in [0.1, 0.15) is 5.54 Å². The molecule has 4 heteroatoms. The average molecular weight is 275 g/mol. The predicted octanol–water partition coefficient (Wildman–Crippen LogP) is 1.98. The molecule has 0 amide bonds. The summed E-state index contributed by atoms with van der Waals surface area (Å²) < 4.78 is 11.1. The molecule has 0 saturated carbocycles. The molecule has 0 radical (unpaired) electrons. The maximum absolute atomic E-state index is 12.4. The van der Waals surface area contributed by atoms with Crippen LogP contribution in [-0.4, -0.2) is 42.3 Å². The summed E-state index contributed by atoms with van der Waals surface area (Å²) in [5.41, 5.74) is 0.643. The average Bonchev–Trinajstić information content (AvgIpc) is 2.50. The van der Waals surface area contributed by atoms with Crippen LogP contribution in [0.5, 0.6) is 0 Å². The Morgan fingerprint density at radius 2 is 2.25 bits per heavy atom. The van der Waals surface area contributed by atoms with Gasteiger partial charge in [0.15, 0.2) is 0 Å². The lowest BCUT2D eigenvalue weighted by Crippen LogP contribution is -2.67. The first-order valence-electron chi connectivity index (χ1n) is 7.32. The van der Waals surface area contributed by atoms with Crippen LogP contribution in [-0.2, 0) is 20.8 Å². The number of benzene rings is 1. The molecule has 1 aromatic rings. The fraction of sp³-hybridized carbons (Fsp3) is 0.562. The molecule has 3 aliphatic rings. The third-order valence-electron chi connectivity index (χ3n) is 4.34. The van der Waals surface area contributed by atoms with Crippen LogP contribution in [0.1, 0.15) is 25.3 Å². The van der Waals surface area contributed by atoms with Gasteiger partial charge >= 0.3 is 5.97 Å². The highest BCUT2D eigenvalue weighted by Gasteiger charge is 2.53. The van der Waals surface area contributed by atoms with Gasteiger partial charge in [-0.1, -0.05) is 30.3 Å². The van der Waals surface area contributed by atoms with E-state index in [4.69, 9.17) is 9.47 Å². The third kappa shape index (κ3) is 2.34. The van der Waals surface area contributed by atoms with Crippen LogP contribution >= 0.6 is 0 Å². The SMILES string of the molecule is CCOC(=O)C12CCC(CN1Cc1ccccc1)OC2. The zero-order valence-corrected chi connectivity index (χ0v) is 11.9. The molecule has 0 aromatic heterocycles. The van der Waals surface area contributed by atoms with Gasteiger partial charge in [0, 0.05) is 13.1 Å². The second kappa shape index (κ2) is 5.54. The Hall–Kier alpha value is -1.39. The molecular formula is C16H21NO3. The molecule has 2 bridgehead atoms. The van der Waals surface area contributed by atoms with Crippen LogP contribution in [0.2, 0.25) is 0 Å². The van der Waals surface area contributed by atoms with Gasteiger partial charge in [-0.2, -0.15) is 0 Å². The summed E-state index contributed by atoms with van der Waals surface area (Å²) in [7, 11) is 0. The Morgan fingerprint density at radius 1 is 1.45 bits per heavy atom. The summed E-state index contributed by atoms with van der Waals surface area (Å²) >= 11 is 0. The molecule has 2 unspecified atom stereocenters. The number of carbonyl (C=O) groups excluding carboxylic acids is 1. The van der Waals surface area contributed by atoms with Crippen molar-refractivity contribution in [2.75, 3.05) is 19.8 Å². The Balaban J connectivity index is 1.82. The fourth-order valence-electron chi connectivity index (χ4n) is 3.20. The lowest BCUT2D eigenvalue weighted by molar-refractivity contribution is -0.196. The fourth-order valence-corrected chi connectivity index (χ4v) is 3.20. The van der Waals surface area contributed by atoms with E-state index in [1.165, 1.54) is 5.56 Å². The van der Waals surface area contributed by atoms with Gasteiger partial charge in [-0.25, -0.2) is 4.79 Å². The number of hydrogen-bond donors (Lipinski definition) is 0. The van der Waals surface area contributed by atoms with E-state index in [1.807, 2.05) is 25.1 Å². The maximum atomic E-state index is 12.4. The number of morpholine rings is 1. The van der Waals surface area contributed by atoms with Gasteiger partial charge in [-0.05, 0) is 25.3 Å². The molecule has 3 heterocycles. The summed E-state index contributed by atoms with van der Waals surface area (Å²) in [6.45, 7) is 4.32. The van der Waals surface area contributed by atoms with E-state index in [-0.39, 0.29) is 12.1 Å². The summed E-state index contributed by atoms with van der Waals surface area (Å²) in [5, 5.41) is 0. The number of nitrogens with zero attached hydrogens (tertiary/aromatic N) is 1. The molecule has 3 saturated heterocycles. The summed E-state index contributed by atoms with van der Waals surface area (Å²) in [4.78, 5) is 14.7. The second-order valence-electron chi connectivity index (χ2n) is 5.59. The third-order valence-corrected chi connectivity index (χ3v) is 4.34. The zero-order valence-electron chi connectivity index (χ0n) is 11.9. The number of carbonyl (C=O) groups is 1. The van der Waals surface area contributed by atoms with E-state index in [2.05, 4.69) is 17.0 Å².